The minimum absolute atomic E-state index is 0.408. The first kappa shape index (κ1) is 7.93. The number of nitrogens with zero attached hydrogens (tertiary/aromatic N) is 3. The van der Waals surface area contributed by atoms with E-state index in [0.717, 1.165) is 4.73 Å². The first-order chi connectivity index (χ1) is 6.36. The van der Waals surface area contributed by atoms with Crippen LogP contribution in [0.15, 0.2) is 30.2 Å². The lowest BCUT2D eigenvalue weighted by molar-refractivity contribution is 0.0464. The highest BCUT2D eigenvalue weighted by molar-refractivity contribution is 7.11. The van der Waals surface area contributed by atoms with Crippen LogP contribution in [0.3, 0.4) is 0 Å². The highest BCUT2D eigenvalue weighted by Crippen LogP contribution is 2.08. The molecule has 5 nitrogen and oxygen atoms in total. The molecular weight excluding hydrogens is 190 g/mol. The summed E-state index contributed by atoms with van der Waals surface area (Å²) in [6, 6.07) is 3.48. The van der Waals surface area contributed by atoms with Gasteiger partial charge in [-0.15, -0.1) is 26.3 Å². The van der Waals surface area contributed by atoms with Gasteiger partial charge < -0.3 is 4.84 Å². The van der Waals surface area contributed by atoms with Crippen LogP contribution >= 0.6 is 11.3 Å². The number of carbonyl (C=O) groups excluding carboxylic acids is 1. The van der Waals surface area contributed by atoms with E-state index in [1.54, 1.807) is 12.1 Å². The van der Waals surface area contributed by atoms with Gasteiger partial charge in [-0.05, 0) is 11.4 Å². The zero-order valence-corrected chi connectivity index (χ0v) is 7.27. The summed E-state index contributed by atoms with van der Waals surface area (Å²) in [5.41, 5.74) is 0. The van der Waals surface area contributed by atoms with E-state index < -0.39 is 5.97 Å². The molecular formula is C7H5N3O2S. The zero-order valence-electron chi connectivity index (χ0n) is 6.45. The maximum absolute atomic E-state index is 11.3. The van der Waals surface area contributed by atoms with Crippen LogP contribution in [0, 0.1) is 0 Å². The summed E-state index contributed by atoms with van der Waals surface area (Å²) in [6.45, 7) is 0. The van der Waals surface area contributed by atoms with Crippen molar-refractivity contribution in [2.45, 2.75) is 0 Å². The third-order valence-electron chi connectivity index (χ3n) is 1.31. The summed E-state index contributed by atoms with van der Waals surface area (Å²) in [7, 11) is 0. The monoisotopic (exact) mass is 195 g/mol. The number of carbonyl (C=O) groups is 1. The number of hydrogen-bond acceptors (Lipinski definition) is 5. The van der Waals surface area contributed by atoms with Crippen LogP contribution in [-0.4, -0.2) is 20.9 Å². The van der Waals surface area contributed by atoms with Gasteiger partial charge in [0.1, 0.15) is 4.88 Å². The van der Waals surface area contributed by atoms with Crippen molar-refractivity contribution in [3.8, 4) is 0 Å². The summed E-state index contributed by atoms with van der Waals surface area (Å²) < 4.78 is 1.15. The molecule has 0 saturated heterocycles. The standard InChI is InChI=1S/C7H5N3O2S/c11-7(6-2-1-3-13-6)12-10-4-8-9-5-10/h1-5H. The predicted octanol–water partition coefficient (Wildman–Crippen LogP) is 0.609. The van der Waals surface area contributed by atoms with Gasteiger partial charge in [0.2, 0.25) is 0 Å². The summed E-state index contributed by atoms with van der Waals surface area (Å²) in [4.78, 5) is 16.7. The van der Waals surface area contributed by atoms with Crippen molar-refractivity contribution in [3.05, 3.63) is 35.0 Å². The Bertz CT molecular complexity index is 382. The van der Waals surface area contributed by atoms with Crippen LogP contribution in [-0.2, 0) is 0 Å². The van der Waals surface area contributed by atoms with Crippen LogP contribution in [0.1, 0.15) is 9.67 Å². The van der Waals surface area contributed by atoms with E-state index in [2.05, 4.69) is 10.2 Å². The Morgan fingerprint density at radius 1 is 1.46 bits per heavy atom. The largest absolute Gasteiger partial charge is 0.373 e. The molecule has 2 heterocycles. The van der Waals surface area contributed by atoms with Gasteiger partial charge in [0.15, 0.2) is 12.7 Å². The first-order valence-corrected chi connectivity index (χ1v) is 4.35. The predicted molar refractivity (Wildman–Crippen MR) is 45.3 cm³/mol. The molecule has 0 unspecified atom stereocenters. The number of hydrogen-bond donors (Lipinski definition) is 0. The second-order valence-electron chi connectivity index (χ2n) is 2.18. The minimum atomic E-state index is -0.408. The molecule has 2 aromatic heterocycles. The Morgan fingerprint density at radius 3 is 2.85 bits per heavy atom. The molecule has 66 valence electrons. The minimum Gasteiger partial charge on any atom is -0.328 e. The third-order valence-corrected chi connectivity index (χ3v) is 2.16. The number of aromatic nitrogens is 3. The summed E-state index contributed by atoms with van der Waals surface area (Å²) in [5, 5.41) is 8.80. The van der Waals surface area contributed by atoms with E-state index in [1.165, 1.54) is 24.0 Å². The Kier molecular flexibility index (Phi) is 2.05. The van der Waals surface area contributed by atoms with Gasteiger partial charge in [-0.25, -0.2) is 4.79 Å². The SMILES string of the molecule is O=C(On1cnnc1)c1cccs1. The van der Waals surface area contributed by atoms with E-state index in [4.69, 9.17) is 4.84 Å². The van der Waals surface area contributed by atoms with Gasteiger partial charge in [-0.3, -0.25) is 0 Å². The van der Waals surface area contributed by atoms with Crippen molar-refractivity contribution < 1.29 is 9.63 Å². The Labute approximate surface area is 77.5 Å². The van der Waals surface area contributed by atoms with Gasteiger partial charge in [0, 0.05) is 0 Å². The third kappa shape index (κ3) is 1.73. The van der Waals surface area contributed by atoms with Crippen LogP contribution in [0.5, 0.6) is 0 Å². The average molecular weight is 195 g/mol. The summed E-state index contributed by atoms with van der Waals surface area (Å²) in [6.07, 6.45) is 2.62. The van der Waals surface area contributed by atoms with Gasteiger partial charge in [0.25, 0.3) is 0 Å². The molecule has 0 radical (unpaired) electrons. The fraction of sp³-hybridized carbons (Fsp3) is 0. The topological polar surface area (TPSA) is 57.0 Å². The van der Waals surface area contributed by atoms with Gasteiger partial charge in [-0.1, -0.05) is 6.07 Å². The van der Waals surface area contributed by atoms with Crippen molar-refractivity contribution in [3.63, 3.8) is 0 Å². The Hall–Kier alpha value is -1.69. The van der Waals surface area contributed by atoms with E-state index >= 15 is 0 Å². The Morgan fingerprint density at radius 2 is 2.23 bits per heavy atom. The van der Waals surface area contributed by atoms with Gasteiger partial charge >= 0.3 is 5.97 Å². The Balaban J connectivity index is 2.08. The molecule has 0 aliphatic carbocycles. The molecule has 0 bridgehead atoms. The molecule has 2 aromatic rings. The van der Waals surface area contributed by atoms with Crippen molar-refractivity contribution in [1.29, 1.82) is 0 Å². The molecule has 2 rings (SSSR count). The van der Waals surface area contributed by atoms with E-state index in [0.29, 0.717) is 4.88 Å². The van der Waals surface area contributed by atoms with E-state index in [-0.39, 0.29) is 0 Å². The smallest absolute Gasteiger partial charge is 0.328 e. The quantitative estimate of drug-likeness (QED) is 0.704. The summed E-state index contributed by atoms with van der Waals surface area (Å²) >= 11 is 1.32. The second kappa shape index (κ2) is 3.36. The number of rotatable bonds is 2. The molecule has 0 amide bonds. The lowest BCUT2D eigenvalue weighted by Gasteiger charge is -1.98. The average Bonchev–Trinajstić information content (AvgIpc) is 2.74. The maximum atomic E-state index is 11.3. The van der Waals surface area contributed by atoms with Crippen molar-refractivity contribution >= 4 is 17.3 Å². The highest BCUT2D eigenvalue weighted by Gasteiger charge is 2.08. The molecule has 13 heavy (non-hydrogen) atoms. The van der Waals surface area contributed by atoms with Crippen LogP contribution in [0.25, 0.3) is 0 Å². The molecule has 0 spiro atoms. The van der Waals surface area contributed by atoms with E-state index in [1.807, 2.05) is 5.38 Å². The fourth-order valence-electron chi connectivity index (χ4n) is 0.774. The molecule has 0 aromatic carbocycles. The lowest BCUT2D eigenvalue weighted by atomic mass is 10.5. The fourth-order valence-corrected chi connectivity index (χ4v) is 1.37. The zero-order chi connectivity index (χ0) is 9.10. The second-order valence-corrected chi connectivity index (χ2v) is 3.13. The van der Waals surface area contributed by atoms with Crippen LogP contribution < -0.4 is 4.84 Å². The maximum Gasteiger partial charge on any atom is 0.373 e. The van der Waals surface area contributed by atoms with Gasteiger partial charge in [0.05, 0.1) is 0 Å². The van der Waals surface area contributed by atoms with Crippen molar-refractivity contribution in [2.75, 3.05) is 0 Å². The van der Waals surface area contributed by atoms with Crippen LogP contribution in [0.2, 0.25) is 0 Å². The molecule has 0 aliphatic rings. The molecule has 0 N–H and O–H groups in total. The van der Waals surface area contributed by atoms with Crippen molar-refractivity contribution in [2.24, 2.45) is 0 Å². The van der Waals surface area contributed by atoms with Gasteiger partial charge in [-0.2, -0.15) is 0 Å². The molecule has 0 saturated carbocycles. The van der Waals surface area contributed by atoms with Crippen LogP contribution in [0.4, 0.5) is 0 Å². The molecule has 0 atom stereocenters. The first-order valence-electron chi connectivity index (χ1n) is 3.47. The lowest BCUT2D eigenvalue weighted by Crippen LogP contribution is -2.17. The van der Waals surface area contributed by atoms with Crippen molar-refractivity contribution in [1.82, 2.24) is 14.9 Å². The molecule has 6 heteroatoms. The number of thiophene rings is 1. The molecule has 0 fully saturated rings. The van der Waals surface area contributed by atoms with E-state index in [9.17, 15) is 4.79 Å². The highest BCUT2D eigenvalue weighted by atomic mass is 32.1. The normalized spacial score (nSPS) is 9.85. The summed E-state index contributed by atoms with van der Waals surface area (Å²) in [5.74, 6) is -0.408. The molecule has 0 aliphatic heterocycles.